The highest BCUT2D eigenvalue weighted by Gasteiger charge is 2.39. The quantitative estimate of drug-likeness (QED) is 0.627. The zero-order valence-corrected chi connectivity index (χ0v) is 18.3. The minimum atomic E-state index is -0.432. The van der Waals surface area contributed by atoms with Gasteiger partial charge in [0, 0.05) is 44.5 Å². The molecule has 172 valence electrons. The molecule has 0 unspecified atom stereocenters. The fourth-order valence-corrected chi connectivity index (χ4v) is 3.83. The molecular formula is C24H25FN4O4. The molecule has 0 radical (unpaired) electrons. The molecule has 1 saturated heterocycles. The summed E-state index contributed by atoms with van der Waals surface area (Å²) in [5, 5.41) is 5.74. The molecule has 0 atom stereocenters. The number of morpholine rings is 1. The molecule has 8 nitrogen and oxygen atoms in total. The first-order valence-electron chi connectivity index (χ1n) is 10.7. The Morgan fingerprint density at radius 3 is 2.21 bits per heavy atom. The van der Waals surface area contributed by atoms with Crippen molar-refractivity contribution >= 4 is 34.7 Å². The molecule has 2 aliphatic heterocycles. The van der Waals surface area contributed by atoms with Crippen molar-refractivity contribution < 1.29 is 23.5 Å². The van der Waals surface area contributed by atoms with Gasteiger partial charge in [0.2, 0.25) is 5.91 Å². The van der Waals surface area contributed by atoms with Gasteiger partial charge in [-0.3, -0.25) is 24.2 Å². The summed E-state index contributed by atoms with van der Waals surface area (Å²) < 4.78 is 18.8. The van der Waals surface area contributed by atoms with E-state index in [1.165, 1.54) is 36.1 Å². The van der Waals surface area contributed by atoms with Gasteiger partial charge in [-0.1, -0.05) is 12.1 Å². The van der Waals surface area contributed by atoms with Gasteiger partial charge in [-0.05, 0) is 42.0 Å². The number of halogens is 1. The summed E-state index contributed by atoms with van der Waals surface area (Å²) in [5.74, 6) is -1.47. The van der Waals surface area contributed by atoms with Crippen molar-refractivity contribution in [3.63, 3.8) is 0 Å². The van der Waals surface area contributed by atoms with Crippen molar-refractivity contribution in [2.45, 2.75) is 6.92 Å². The van der Waals surface area contributed by atoms with Crippen molar-refractivity contribution in [1.29, 1.82) is 0 Å². The van der Waals surface area contributed by atoms with Gasteiger partial charge in [0.1, 0.15) is 11.5 Å². The zero-order valence-electron chi connectivity index (χ0n) is 18.3. The zero-order chi connectivity index (χ0) is 23.4. The molecule has 9 heteroatoms. The Bertz CT molecular complexity index is 1080. The summed E-state index contributed by atoms with van der Waals surface area (Å²) in [6.07, 6.45) is 0. The molecule has 2 heterocycles. The maximum atomic E-state index is 13.5. The van der Waals surface area contributed by atoms with Crippen LogP contribution in [0.15, 0.2) is 54.2 Å². The van der Waals surface area contributed by atoms with Gasteiger partial charge in [0.15, 0.2) is 0 Å². The number of benzene rings is 2. The van der Waals surface area contributed by atoms with Gasteiger partial charge in [-0.15, -0.1) is 0 Å². The highest BCUT2D eigenvalue weighted by Crippen LogP contribution is 2.31. The predicted molar refractivity (Wildman–Crippen MR) is 122 cm³/mol. The van der Waals surface area contributed by atoms with Crippen LogP contribution in [0.3, 0.4) is 0 Å². The van der Waals surface area contributed by atoms with Crippen LogP contribution in [-0.2, 0) is 19.1 Å². The van der Waals surface area contributed by atoms with Crippen molar-refractivity contribution in [2.75, 3.05) is 50.0 Å². The highest BCUT2D eigenvalue weighted by molar-refractivity contribution is 6.36. The highest BCUT2D eigenvalue weighted by atomic mass is 19.1. The maximum absolute atomic E-state index is 13.5. The van der Waals surface area contributed by atoms with Crippen LogP contribution in [0, 0.1) is 5.82 Å². The van der Waals surface area contributed by atoms with Crippen molar-refractivity contribution in [3.05, 3.63) is 65.6 Å². The van der Waals surface area contributed by atoms with Crippen molar-refractivity contribution in [2.24, 2.45) is 0 Å². The maximum Gasteiger partial charge on any atom is 0.278 e. The molecule has 2 aromatic carbocycles. The van der Waals surface area contributed by atoms with Crippen LogP contribution < -0.4 is 10.6 Å². The minimum Gasteiger partial charge on any atom is -0.379 e. The third-order valence-electron chi connectivity index (χ3n) is 5.52. The first-order chi connectivity index (χ1) is 15.9. The largest absolute Gasteiger partial charge is 0.379 e. The summed E-state index contributed by atoms with van der Waals surface area (Å²) in [5.41, 5.74) is 1.99. The van der Waals surface area contributed by atoms with Gasteiger partial charge in [-0.2, -0.15) is 0 Å². The molecule has 0 saturated carbocycles. The third-order valence-corrected chi connectivity index (χ3v) is 5.52. The summed E-state index contributed by atoms with van der Waals surface area (Å²) in [7, 11) is 0. The lowest BCUT2D eigenvalue weighted by Gasteiger charge is -2.28. The standard InChI is InChI=1S/C24H25FN4O4/c1-16(30)26-19-6-8-20(9-7-19)27-22-21(17-2-4-18(25)5-3-17)23(31)29(24(22)32)11-10-28-12-14-33-15-13-28/h2-9,27H,10-15H2,1H3,(H,26,30). The Labute approximate surface area is 191 Å². The number of rotatable bonds is 7. The number of hydrogen-bond acceptors (Lipinski definition) is 6. The van der Waals surface area contributed by atoms with E-state index < -0.39 is 17.6 Å². The molecule has 3 amide bonds. The summed E-state index contributed by atoms with van der Waals surface area (Å²) in [6, 6.07) is 12.3. The number of imide groups is 1. The first kappa shape index (κ1) is 22.6. The monoisotopic (exact) mass is 452 g/mol. The minimum absolute atomic E-state index is 0.140. The van der Waals surface area contributed by atoms with E-state index in [1.54, 1.807) is 24.3 Å². The molecular weight excluding hydrogens is 427 g/mol. The van der Waals surface area contributed by atoms with Gasteiger partial charge in [-0.25, -0.2) is 4.39 Å². The average molecular weight is 452 g/mol. The Morgan fingerprint density at radius 2 is 1.58 bits per heavy atom. The average Bonchev–Trinajstić information content (AvgIpc) is 3.03. The van der Waals surface area contributed by atoms with Crippen molar-refractivity contribution in [1.82, 2.24) is 9.80 Å². The van der Waals surface area contributed by atoms with Gasteiger partial charge < -0.3 is 15.4 Å². The second-order valence-electron chi connectivity index (χ2n) is 7.86. The topological polar surface area (TPSA) is 91.0 Å². The van der Waals surface area contributed by atoms with Crippen LogP contribution in [0.4, 0.5) is 15.8 Å². The third kappa shape index (κ3) is 5.27. The molecule has 4 rings (SSSR count). The molecule has 2 N–H and O–H groups in total. The van der Waals surface area contributed by atoms with Gasteiger partial charge in [0.25, 0.3) is 11.8 Å². The van der Waals surface area contributed by atoms with E-state index in [4.69, 9.17) is 4.74 Å². The van der Waals surface area contributed by atoms with Crippen LogP contribution in [0.2, 0.25) is 0 Å². The molecule has 2 aliphatic rings. The number of ether oxygens (including phenoxy) is 1. The molecule has 1 fully saturated rings. The smallest absolute Gasteiger partial charge is 0.278 e. The molecule has 2 aromatic rings. The fourth-order valence-electron chi connectivity index (χ4n) is 3.83. The summed E-state index contributed by atoms with van der Waals surface area (Å²) in [6.45, 7) is 4.97. The lowest BCUT2D eigenvalue weighted by Crippen LogP contribution is -2.43. The number of carbonyl (C=O) groups is 3. The number of hydrogen-bond donors (Lipinski definition) is 2. The number of anilines is 2. The number of nitrogens with one attached hydrogen (secondary N) is 2. The Morgan fingerprint density at radius 1 is 0.939 bits per heavy atom. The fraction of sp³-hybridized carbons (Fsp3) is 0.292. The molecule has 0 bridgehead atoms. The molecule has 0 spiro atoms. The Kier molecular flexibility index (Phi) is 6.81. The lowest BCUT2D eigenvalue weighted by atomic mass is 10.0. The predicted octanol–water partition coefficient (Wildman–Crippen LogP) is 2.31. The summed E-state index contributed by atoms with van der Waals surface area (Å²) in [4.78, 5) is 41.1. The van der Waals surface area contributed by atoms with Crippen LogP contribution in [0.1, 0.15) is 12.5 Å². The normalized spacial score (nSPS) is 17.0. The lowest BCUT2D eigenvalue weighted by molar-refractivity contribution is -0.137. The number of carbonyl (C=O) groups excluding carboxylic acids is 3. The molecule has 33 heavy (non-hydrogen) atoms. The van der Waals surface area contributed by atoms with Gasteiger partial charge in [0.05, 0.1) is 18.8 Å². The summed E-state index contributed by atoms with van der Waals surface area (Å²) >= 11 is 0. The van der Waals surface area contributed by atoms with Crippen LogP contribution >= 0.6 is 0 Å². The van der Waals surface area contributed by atoms with E-state index in [0.717, 1.165) is 13.1 Å². The Hall–Kier alpha value is -3.56. The second-order valence-corrected chi connectivity index (χ2v) is 7.86. The van der Waals surface area contributed by atoms with E-state index in [9.17, 15) is 18.8 Å². The van der Waals surface area contributed by atoms with E-state index in [0.29, 0.717) is 36.7 Å². The van der Waals surface area contributed by atoms with Crippen LogP contribution in [0.25, 0.3) is 5.57 Å². The Balaban J connectivity index is 1.59. The van der Waals surface area contributed by atoms with E-state index in [2.05, 4.69) is 15.5 Å². The number of nitrogens with zero attached hydrogens (tertiary/aromatic N) is 2. The van der Waals surface area contributed by atoms with E-state index in [1.807, 2.05) is 0 Å². The van der Waals surface area contributed by atoms with E-state index in [-0.39, 0.29) is 23.7 Å². The van der Waals surface area contributed by atoms with Gasteiger partial charge >= 0.3 is 0 Å². The first-order valence-corrected chi connectivity index (χ1v) is 10.7. The van der Waals surface area contributed by atoms with Crippen LogP contribution in [0.5, 0.6) is 0 Å². The SMILES string of the molecule is CC(=O)Nc1ccc(NC2=C(c3ccc(F)cc3)C(=O)N(CCN3CCOCC3)C2=O)cc1. The van der Waals surface area contributed by atoms with E-state index >= 15 is 0 Å². The molecule has 0 aliphatic carbocycles. The van der Waals surface area contributed by atoms with Crippen molar-refractivity contribution in [3.8, 4) is 0 Å². The second kappa shape index (κ2) is 9.93. The van der Waals surface area contributed by atoms with Crippen LogP contribution in [-0.4, -0.2) is 66.9 Å². The molecule has 0 aromatic heterocycles. The number of amides is 3.